The van der Waals surface area contributed by atoms with Crippen LogP contribution < -0.4 is 4.90 Å². The molecule has 0 spiro atoms. The van der Waals surface area contributed by atoms with Crippen molar-refractivity contribution >= 4 is 44.9 Å². The quantitative estimate of drug-likeness (QED) is 0.793. The van der Waals surface area contributed by atoms with Crippen LogP contribution in [0.5, 0.6) is 0 Å². The van der Waals surface area contributed by atoms with Gasteiger partial charge in [-0.3, -0.25) is 0 Å². The molecule has 1 aromatic heterocycles. The first-order valence-corrected chi connectivity index (χ1v) is 5.77. The van der Waals surface area contributed by atoms with Crippen molar-refractivity contribution in [3.63, 3.8) is 0 Å². The van der Waals surface area contributed by atoms with Crippen molar-refractivity contribution in [2.75, 3.05) is 18.5 Å². The first kappa shape index (κ1) is 12.1. The molecule has 78 valence electrons. The lowest BCUT2D eigenvalue weighted by molar-refractivity contribution is 0.844. The van der Waals surface area contributed by atoms with Gasteiger partial charge in [0.2, 0.25) is 0 Å². The maximum absolute atomic E-state index is 6.03. The summed E-state index contributed by atoms with van der Waals surface area (Å²) in [6, 6.07) is 1.82. The van der Waals surface area contributed by atoms with E-state index in [0.29, 0.717) is 5.02 Å². The number of alkyl halides is 1. The van der Waals surface area contributed by atoms with Crippen molar-refractivity contribution in [1.82, 2.24) is 4.98 Å². The Morgan fingerprint density at radius 2 is 2.29 bits per heavy atom. The summed E-state index contributed by atoms with van der Waals surface area (Å²) in [5.41, 5.74) is 0. The van der Waals surface area contributed by atoms with Crippen LogP contribution in [0.4, 0.5) is 5.82 Å². The van der Waals surface area contributed by atoms with Crippen LogP contribution in [0.2, 0.25) is 5.02 Å². The molecule has 5 heteroatoms. The number of halogens is 3. The van der Waals surface area contributed by atoms with E-state index in [1.54, 1.807) is 6.20 Å². The van der Waals surface area contributed by atoms with Gasteiger partial charge in [0.05, 0.1) is 5.02 Å². The van der Waals surface area contributed by atoms with Gasteiger partial charge in [0.15, 0.2) is 0 Å². The standard InChI is InChI=1S/C9H11BrCl2N2/c1-6(11)5-14(2)9-8(12)3-7(10)4-13-9/h3-4,6H,5H2,1-2H3. The molecule has 2 nitrogen and oxygen atoms in total. The fraction of sp³-hybridized carbons (Fsp3) is 0.444. The Bertz CT molecular complexity index is 318. The summed E-state index contributed by atoms with van der Waals surface area (Å²) in [5.74, 6) is 0.752. The van der Waals surface area contributed by atoms with Crippen LogP contribution in [0.1, 0.15) is 6.92 Å². The molecule has 0 N–H and O–H groups in total. The van der Waals surface area contributed by atoms with Crippen molar-refractivity contribution in [2.45, 2.75) is 12.3 Å². The molecule has 1 unspecified atom stereocenters. The van der Waals surface area contributed by atoms with Crippen molar-refractivity contribution in [3.05, 3.63) is 21.8 Å². The van der Waals surface area contributed by atoms with Crippen molar-refractivity contribution < 1.29 is 0 Å². The van der Waals surface area contributed by atoms with Gasteiger partial charge in [-0.25, -0.2) is 4.98 Å². The normalized spacial score (nSPS) is 12.6. The average molecular weight is 298 g/mol. The minimum absolute atomic E-state index is 0.0708. The Morgan fingerprint density at radius 3 is 2.79 bits per heavy atom. The van der Waals surface area contributed by atoms with E-state index < -0.39 is 0 Å². The maximum Gasteiger partial charge on any atom is 0.147 e. The second-order valence-electron chi connectivity index (χ2n) is 3.12. The van der Waals surface area contributed by atoms with E-state index in [0.717, 1.165) is 16.8 Å². The molecular formula is C9H11BrCl2N2. The van der Waals surface area contributed by atoms with Crippen LogP contribution >= 0.6 is 39.1 Å². The SMILES string of the molecule is CC(Cl)CN(C)c1ncc(Br)cc1Cl. The van der Waals surface area contributed by atoms with Gasteiger partial charge in [0.1, 0.15) is 5.82 Å². The predicted octanol–water partition coefficient (Wildman–Crippen LogP) is 3.56. The molecule has 0 saturated carbocycles. The van der Waals surface area contributed by atoms with Crippen LogP contribution in [-0.4, -0.2) is 24.0 Å². The summed E-state index contributed by atoms with van der Waals surface area (Å²) in [6.07, 6.45) is 1.72. The topological polar surface area (TPSA) is 16.1 Å². The van der Waals surface area contributed by atoms with Gasteiger partial charge in [-0.05, 0) is 28.9 Å². The molecule has 1 rings (SSSR count). The van der Waals surface area contributed by atoms with E-state index in [1.807, 2.05) is 24.9 Å². The number of hydrogen-bond donors (Lipinski definition) is 0. The molecule has 0 aliphatic heterocycles. The second kappa shape index (κ2) is 5.19. The van der Waals surface area contributed by atoms with E-state index in [9.17, 15) is 0 Å². The number of hydrogen-bond acceptors (Lipinski definition) is 2. The highest BCUT2D eigenvalue weighted by molar-refractivity contribution is 9.10. The number of nitrogens with zero attached hydrogens (tertiary/aromatic N) is 2. The molecule has 0 saturated heterocycles. The van der Waals surface area contributed by atoms with Crippen molar-refractivity contribution in [1.29, 1.82) is 0 Å². The summed E-state index contributed by atoms with van der Waals surface area (Å²) in [5, 5.41) is 0.695. The Balaban J connectivity index is 2.84. The van der Waals surface area contributed by atoms with Gasteiger partial charge in [-0.15, -0.1) is 11.6 Å². The van der Waals surface area contributed by atoms with Crippen LogP contribution in [0.15, 0.2) is 16.7 Å². The van der Waals surface area contributed by atoms with Gasteiger partial charge in [-0.2, -0.15) is 0 Å². The van der Waals surface area contributed by atoms with E-state index in [1.165, 1.54) is 0 Å². The van der Waals surface area contributed by atoms with E-state index >= 15 is 0 Å². The maximum atomic E-state index is 6.03. The zero-order chi connectivity index (χ0) is 10.7. The average Bonchev–Trinajstić information content (AvgIpc) is 2.01. The Labute approximate surface area is 102 Å². The Hall–Kier alpha value is 0.01000. The third kappa shape index (κ3) is 3.30. The highest BCUT2D eigenvalue weighted by Crippen LogP contribution is 2.25. The molecule has 1 atom stereocenters. The summed E-state index contributed by atoms with van der Waals surface area (Å²) < 4.78 is 0.874. The smallest absolute Gasteiger partial charge is 0.147 e. The van der Waals surface area contributed by atoms with Crippen LogP contribution in [0.25, 0.3) is 0 Å². The third-order valence-electron chi connectivity index (χ3n) is 1.68. The summed E-state index contributed by atoms with van der Waals surface area (Å²) in [4.78, 5) is 6.16. The molecule has 0 amide bonds. The molecule has 1 heterocycles. The Morgan fingerprint density at radius 1 is 1.64 bits per heavy atom. The highest BCUT2D eigenvalue weighted by atomic mass is 79.9. The lowest BCUT2D eigenvalue weighted by Gasteiger charge is -2.20. The first-order chi connectivity index (χ1) is 6.50. The monoisotopic (exact) mass is 296 g/mol. The lowest BCUT2D eigenvalue weighted by atomic mass is 10.4. The third-order valence-corrected chi connectivity index (χ3v) is 2.53. The summed E-state index contributed by atoms with van der Waals surface area (Å²) in [7, 11) is 1.92. The van der Waals surface area contributed by atoms with Gasteiger partial charge >= 0.3 is 0 Å². The minimum Gasteiger partial charge on any atom is -0.357 e. The zero-order valence-corrected chi connectivity index (χ0v) is 11.1. The van der Waals surface area contributed by atoms with Crippen LogP contribution in [0, 0.1) is 0 Å². The van der Waals surface area contributed by atoms with Crippen molar-refractivity contribution in [2.24, 2.45) is 0 Å². The van der Waals surface area contributed by atoms with E-state index in [-0.39, 0.29) is 5.38 Å². The molecule has 0 fully saturated rings. The fourth-order valence-electron chi connectivity index (χ4n) is 1.15. The van der Waals surface area contributed by atoms with E-state index in [4.69, 9.17) is 23.2 Å². The molecule has 0 aliphatic rings. The fourth-order valence-corrected chi connectivity index (χ4v) is 2.13. The second-order valence-corrected chi connectivity index (χ2v) is 5.19. The van der Waals surface area contributed by atoms with Gasteiger partial charge in [0.25, 0.3) is 0 Å². The molecular weight excluding hydrogens is 287 g/mol. The van der Waals surface area contributed by atoms with Crippen molar-refractivity contribution in [3.8, 4) is 0 Å². The predicted molar refractivity (Wildman–Crippen MR) is 65.5 cm³/mol. The molecule has 0 aliphatic carbocycles. The van der Waals surface area contributed by atoms with Crippen LogP contribution in [0.3, 0.4) is 0 Å². The van der Waals surface area contributed by atoms with Crippen LogP contribution in [-0.2, 0) is 0 Å². The van der Waals surface area contributed by atoms with E-state index in [2.05, 4.69) is 20.9 Å². The molecule has 14 heavy (non-hydrogen) atoms. The number of anilines is 1. The van der Waals surface area contributed by atoms with Gasteiger partial charge < -0.3 is 4.90 Å². The molecule has 0 radical (unpaired) electrons. The number of pyridine rings is 1. The Kier molecular flexibility index (Phi) is 4.48. The lowest BCUT2D eigenvalue weighted by Crippen LogP contribution is -2.25. The van der Waals surface area contributed by atoms with Gasteiger partial charge in [-0.1, -0.05) is 11.6 Å². The number of aromatic nitrogens is 1. The zero-order valence-electron chi connectivity index (χ0n) is 7.97. The largest absolute Gasteiger partial charge is 0.357 e. The number of rotatable bonds is 3. The summed E-state index contributed by atoms with van der Waals surface area (Å²) >= 11 is 15.2. The highest BCUT2D eigenvalue weighted by Gasteiger charge is 2.09. The van der Waals surface area contributed by atoms with Gasteiger partial charge in [0, 0.05) is 29.6 Å². The molecule has 0 bridgehead atoms. The molecule has 0 aromatic carbocycles. The minimum atomic E-state index is 0.0708. The first-order valence-electron chi connectivity index (χ1n) is 4.17. The molecule has 1 aromatic rings. The summed E-state index contributed by atoms with van der Waals surface area (Å²) in [6.45, 7) is 2.65.